The lowest BCUT2D eigenvalue weighted by atomic mass is 10.3. The first-order chi connectivity index (χ1) is 11.0. The summed E-state index contributed by atoms with van der Waals surface area (Å²) in [6, 6.07) is 5.46. The molecular weight excluding hydrogens is 300 g/mol. The van der Waals surface area contributed by atoms with Gasteiger partial charge in [-0.05, 0) is 26.1 Å². The molecule has 1 aliphatic heterocycles. The lowest BCUT2D eigenvalue weighted by Crippen LogP contribution is -2.45. The van der Waals surface area contributed by atoms with Crippen molar-refractivity contribution in [3.05, 3.63) is 41.6 Å². The molecule has 0 aliphatic carbocycles. The predicted molar refractivity (Wildman–Crippen MR) is 86.1 cm³/mol. The first kappa shape index (κ1) is 15.6. The zero-order valence-corrected chi connectivity index (χ0v) is 13.2. The Morgan fingerprint density at radius 3 is 2.43 bits per heavy atom. The Hall–Kier alpha value is -2.28. The number of hydrogen-bond donors (Lipinski definition) is 1. The van der Waals surface area contributed by atoms with E-state index in [-0.39, 0.29) is 0 Å². The van der Waals surface area contributed by atoms with Crippen LogP contribution in [0.15, 0.2) is 24.3 Å². The topological polar surface area (TPSA) is 44.3 Å². The normalized spacial score (nSPS) is 15.7. The molecule has 2 heterocycles. The Kier molecular flexibility index (Phi) is 4.38. The molecule has 0 bridgehead atoms. The molecule has 0 atom stereocenters. The highest BCUT2D eigenvalue weighted by molar-refractivity contribution is 5.57. The van der Waals surface area contributed by atoms with Crippen molar-refractivity contribution in [2.24, 2.45) is 0 Å². The minimum absolute atomic E-state index is 0.450. The fraction of sp³-hybridized carbons (Fsp3) is 0.375. The number of benzene rings is 1. The maximum atomic E-state index is 13.3. The number of rotatable bonds is 3. The molecule has 23 heavy (non-hydrogen) atoms. The number of nitrogens with zero attached hydrogens (tertiary/aromatic N) is 4. The molecular formula is C16H19F2N5. The van der Waals surface area contributed by atoms with Gasteiger partial charge in [0.05, 0.1) is 0 Å². The summed E-state index contributed by atoms with van der Waals surface area (Å²) >= 11 is 0. The van der Waals surface area contributed by atoms with Gasteiger partial charge in [-0.3, -0.25) is 0 Å². The van der Waals surface area contributed by atoms with Crippen LogP contribution in [0.3, 0.4) is 0 Å². The van der Waals surface area contributed by atoms with Crippen LogP contribution in [0.4, 0.5) is 26.2 Å². The van der Waals surface area contributed by atoms with Gasteiger partial charge in [0.2, 0.25) is 5.95 Å². The SMILES string of the molecule is Cc1cc(Nc2ccc(F)c(F)c2)nc(N2CCN(C)CC2)n1. The minimum atomic E-state index is -0.889. The monoisotopic (exact) mass is 319 g/mol. The third-order valence-electron chi connectivity index (χ3n) is 3.82. The number of hydrogen-bond acceptors (Lipinski definition) is 5. The summed E-state index contributed by atoms with van der Waals surface area (Å²) in [6.07, 6.45) is 0. The zero-order chi connectivity index (χ0) is 16.4. The van der Waals surface area contributed by atoms with Crippen LogP contribution in [0.2, 0.25) is 0 Å². The largest absolute Gasteiger partial charge is 0.340 e. The molecule has 1 aromatic carbocycles. The molecule has 122 valence electrons. The van der Waals surface area contributed by atoms with Gasteiger partial charge in [0, 0.05) is 49.7 Å². The van der Waals surface area contributed by atoms with Crippen LogP contribution in [-0.4, -0.2) is 48.1 Å². The summed E-state index contributed by atoms with van der Waals surface area (Å²) in [5, 5.41) is 3.01. The van der Waals surface area contributed by atoms with Crippen molar-refractivity contribution >= 4 is 17.5 Å². The van der Waals surface area contributed by atoms with E-state index in [4.69, 9.17) is 0 Å². The summed E-state index contributed by atoms with van der Waals surface area (Å²) in [4.78, 5) is 13.4. The van der Waals surface area contributed by atoms with Gasteiger partial charge in [0.25, 0.3) is 0 Å². The average molecular weight is 319 g/mol. The molecule has 0 radical (unpaired) electrons. The molecule has 0 spiro atoms. The lowest BCUT2D eigenvalue weighted by molar-refractivity contribution is 0.311. The van der Waals surface area contributed by atoms with E-state index in [2.05, 4.69) is 32.1 Å². The molecule has 0 unspecified atom stereocenters. The summed E-state index contributed by atoms with van der Waals surface area (Å²) in [6.45, 7) is 5.54. The Morgan fingerprint density at radius 2 is 1.74 bits per heavy atom. The fourth-order valence-electron chi connectivity index (χ4n) is 2.49. The molecule has 2 aromatic rings. The van der Waals surface area contributed by atoms with Gasteiger partial charge in [0.15, 0.2) is 11.6 Å². The standard InChI is InChI=1S/C16H19F2N5/c1-11-9-15(20-12-3-4-13(17)14(18)10-12)21-16(19-11)23-7-5-22(2)6-8-23/h3-4,9-10H,5-8H2,1-2H3,(H,19,20,21). The number of halogens is 2. The van der Waals surface area contributed by atoms with Crippen molar-refractivity contribution in [3.8, 4) is 0 Å². The van der Waals surface area contributed by atoms with Gasteiger partial charge in [-0.25, -0.2) is 13.8 Å². The van der Waals surface area contributed by atoms with Crippen molar-refractivity contribution in [2.45, 2.75) is 6.92 Å². The molecule has 1 aromatic heterocycles. The predicted octanol–water partition coefficient (Wildman–Crippen LogP) is 2.56. The second kappa shape index (κ2) is 6.45. The van der Waals surface area contributed by atoms with Crippen molar-refractivity contribution in [1.82, 2.24) is 14.9 Å². The maximum absolute atomic E-state index is 13.3. The van der Waals surface area contributed by atoms with Gasteiger partial charge >= 0.3 is 0 Å². The van der Waals surface area contributed by atoms with E-state index in [1.807, 2.05) is 6.92 Å². The summed E-state index contributed by atoms with van der Waals surface area (Å²) < 4.78 is 26.3. The lowest BCUT2D eigenvalue weighted by Gasteiger charge is -2.32. The fourth-order valence-corrected chi connectivity index (χ4v) is 2.49. The zero-order valence-electron chi connectivity index (χ0n) is 13.2. The Balaban J connectivity index is 1.81. The minimum Gasteiger partial charge on any atom is -0.340 e. The van der Waals surface area contributed by atoms with Gasteiger partial charge in [-0.2, -0.15) is 4.98 Å². The number of anilines is 3. The molecule has 1 saturated heterocycles. The highest BCUT2D eigenvalue weighted by Gasteiger charge is 2.17. The molecule has 0 saturated carbocycles. The molecule has 1 aliphatic rings. The van der Waals surface area contributed by atoms with Crippen LogP contribution >= 0.6 is 0 Å². The second-order valence-electron chi connectivity index (χ2n) is 5.74. The maximum Gasteiger partial charge on any atom is 0.227 e. The molecule has 3 rings (SSSR count). The highest BCUT2D eigenvalue weighted by Crippen LogP contribution is 2.20. The number of piperazine rings is 1. The van der Waals surface area contributed by atoms with Crippen molar-refractivity contribution in [3.63, 3.8) is 0 Å². The van der Waals surface area contributed by atoms with E-state index in [0.717, 1.165) is 44.0 Å². The van der Waals surface area contributed by atoms with E-state index in [9.17, 15) is 8.78 Å². The first-order valence-corrected chi connectivity index (χ1v) is 7.52. The van der Waals surface area contributed by atoms with Gasteiger partial charge in [-0.1, -0.05) is 0 Å². The number of nitrogens with one attached hydrogen (secondary N) is 1. The third kappa shape index (κ3) is 3.73. The highest BCUT2D eigenvalue weighted by atomic mass is 19.2. The second-order valence-corrected chi connectivity index (χ2v) is 5.74. The van der Waals surface area contributed by atoms with E-state index in [1.54, 1.807) is 6.07 Å². The van der Waals surface area contributed by atoms with E-state index >= 15 is 0 Å². The molecule has 5 nitrogen and oxygen atoms in total. The van der Waals surface area contributed by atoms with Crippen LogP contribution in [0.25, 0.3) is 0 Å². The van der Waals surface area contributed by atoms with Gasteiger partial charge in [-0.15, -0.1) is 0 Å². The number of aryl methyl sites for hydroxylation is 1. The molecule has 1 N–H and O–H groups in total. The summed E-state index contributed by atoms with van der Waals surface area (Å²) in [5.74, 6) is -0.534. The first-order valence-electron chi connectivity index (χ1n) is 7.52. The van der Waals surface area contributed by atoms with E-state index < -0.39 is 11.6 Å². The number of likely N-dealkylation sites (N-methyl/N-ethyl adjacent to an activating group) is 1. The smallest absolute Gasteiger partial charge is 0.227 e. The Bertz CT molecular complexity index is 699. The molecule has 0 amide bonds. The van der Waals surface area contributed by atoms with Crippen LogP contribution in [0, 0.1) is 18.6 Å². The van der Waals surface area contributed by atoms with Gasteiger partial charge in [0.1, 0.15) is 5.82 Å². The van der Waals surface area contributed by atoms with Crippen LogP contribution in [-0.2, 0) is 0 Å². The van der Waals surface area contributed by atoms with Gasteiger partial charge < -0.3 is 15.1 Å². The van der Waals surface area contributed by atoms with Crippen LogP contribution in [0.5, 0.6) is 0 Å². The molecule has 1 fully saturated rings. The Labute approximate surface area is 134 Å². The number of aromatic nitrogens is 2. The third-order valence-corrected chi connectivity index (χ3v) is 3.82. The average Bonchev–Trinajstić information content (AvgIpc) is 2.51. The molecule has 7 heteroatoms. The van der Waals surface area contributed by atoms with Crippen LogP contribution < -0.4 is 10.2 Å². The quantitative estimate of drug-likeness (QED) is 0.942. The van der Waals surface area contributed by atoms with E-state index in [1.165, 1.54) is 6.07 Å². The van der Waals surface area contributed by atoms with E-state index in [0.29, 0.717) is 17.5 Å². The van der Waals surface area contributed by atoms with Crippen molar-refractivity contribution in [2.75, 3.05) is 43.4 Å². The Morgan fingerprint density at radius 1 is 1.00 bits per heavy atom. The summed E-state index contributed by atoms with van der Waals surface area (Å²) in [7, 11) is 2.09. The van der Waals surface area contributed by atoms with Crippen molar-refractivity contribution in [1.29, 1.82) is 0 Å². The van der Waals surface area contributed by atoms with Crippen molar-refractivity contribution < 1.29 is 8.78 Å². The summed E-state index contributed by atoms with van der Waals surface area (Å²) in [5.41, 5.74) is 1.27. The van der Waals surface area contributed by atoms with Crippen LogP contribution in [0.1, 0.15) is 5.69 Å².